The van der Waals surface area contributed by atoms with Crippen molar-refractivity contribution in [2.24, 2.45) is 5.92 Å². The first kappa shape index (κ1) is 17.9. The molecule has 1 N–H and O–H groups in total. The van der Waals surface area contributed by atoms with Gasteiger partial charge in [0.1, 0.15) is 11.4 Å². The first-order valence-corrected chi connectivity index (χ1v) is 9.08. The fraction of sp³-hybridized carbons (Fsp3) is 0.625. The van der Waals surface area contributed by atoms with Crippen molar-refractivity contribution in [3.05, 3.63) is 18.3 Å². The van der Waals surface area contributed by atoms with Gasteiger partial charge in [-0.3, -0.25) is 0 Å². The highest BCUT2D eigenvalue weighted by atomic mass is 32.2. The number of hydrogen-bond donors (Lipinski definition) is 1. The average Bonchev–Trinajstić information content (AvgIpc) is 2.46. The van der Waals surface area contributed by atoms with Gasteiger partial charge in [0.15, 0.2) is 4.90 Å². The molecule has 1 aromatic heterocycles. The van der Waals surface area contributed by atoms with Crippen LogP contribution in [0.2, 0.25) is 0 Å². The maximum absolute atomic E-state index is 12.3. The van der Waals surface area contributed by atoms with Gasteiger partial charge in [-0.05, 0) is 44.8 Å². The van der Waals surface area contributed by atoms with Crippen molar-refractivity contribution in [2.45, 2.75) is 44.1 Å². The Morgan fingerprint density at radius 2 is 2.09 bits per heavy atom. The number of likely N-dealkylation sites (tertiary alicyclic amines) is 1. The summed E-state index contributed by atoms with van der Waals surface area (Å²) < 4.78 is 17.7. The van der Waals surface area contributed by atoms with Crippen LogP contribution in [-0.2, 0) is 15.9 Å². The topological polar surface area (TPSA) is 85.7 Å². The van der Waals surface area contributed by atoms with E-state index in [4.69, 9.17) is 9.84 Å². The van der Waals surface area contributed by atoms with Gasteiger partial charge in [0.05, 0.1) is 6.20 Å². The number of rotatable bonds is 3. The minimum Gasteiger partial charge on any atom is -0.611 e. The minimum absolute atomic E-state index is 0.0728. The van der Waals surface area contributed by atoms with Crippen molar-refractivity contribution >= 4 is 17.3 Å². The molecular weight excluding hydrogens is 316 g/mol. The zero-order valence-corrected chi connectivity index (χ0v) is 14.6. The standard InChI is InChI=1S/C16H24N2O4S/c1-16(2,3)22-15(20)18-8-6-12(7-9-18)11-23(21)13-4-5-14(19)17-10-13/h4-5,10,12H,6-9,11H2,1-3H3,(H,17,19). The van der Waals surface area contributed by atoms with Gasteiger partial charge < -0.3 is 19.3 Å². The molecule has 0 spiro atoms. The van der Waals surface area contributed by atoms with E-state index in [1.165, 1.54) is 12.3 Å². The van der Waals surface area contributed by atoms with Crippen LogP contribution in [0.1, 0.15) is 33.6 Å². The Morgan fingerprint density at radius 3 is 2.61 bits per heavy atom. The maximum Gasteiger partial charge on any atom is 0.410 e. The van der Waals surface area contributed by atoms with E-state index in [0.29, 0.717) is 29.7 Å². The van der Waals surface area contributed by atoms with Gasteiger partial charge in [0.2, 0.25) is 5.88 Å². The molecule has 0 saturated carbocycles. The first-order chi connectivity index (χ1) is 10.7. The number of pyridine rings is 1. The lowest BCUT2D eigenvalue weighted by Gasteiger charge is -2.33. The maximum atomic E-state index is 12.3. The van der Waals surface area contributed by atoms with Crippen molar-refractivity contribution in [3.63, 3.8) is 0 Å². The number of aromatic nitrogens is 1. The van der Waals surface area contributed by atoms with Crippen molar-refractivity contribution in [1.29, 1.82) is 0 Å². The molecule has 1 aromatic rings. The lowest BCUT2D eigenvalue weighted by Crippen LogP contribution is -2.42. The molecule has 23 heavy (non-hydrogen) atoms. The molecule has 2 rings (SSSR count). The van der Waals surface area contributed by atoms with Crippen LogP contribution < -0.4 is 0 Å². The van der Waals surface area contributed by atoms with E-state index in [2.05, 4.69) is 4.98 Å². The quantitative estimate of drug-likeness (QED) is 0.855. The second kappa shape index (κ2) is 7.40. The monoisotopic (exact) mass is 340 g/mol. The number of nitrogens with zero attached hydrogens (tertiary/aromatic N) is 2. The molecule has 1 fully saturated rings. The number of amides is 1. The van der Waals surface area contributed by atoms with Crippen LogP contribution in [0, 0.1) is 5.92 Å². The predicted molar refractivity (Wildman–Crippen MR) is 87.7 cm³/mol. The molecule has 1 amide bonds. The summed E-state index contributed by atoms with van der Waals surface area (Å²) in [5, 5.41) is 9.16. The van der Waals surface area contributed by atoms with Gasteiger partial charge in [-0.15, -0.1) is 0 Å². The molecule has 2 heterocycles. The summed E-state index contributed by atoms with van der Waals surface area (Å²) in [6, 6.07) is 3.08. The smallest absolute Gasteiger partial charge is 0.410 e. The number of piperidine rings is 1. The highest BCUT2D eigenvalue weighted by Crippen LogP contribution is 2.24. The summed E-state index contributed by atoms with van der Waals surface area (Å²) in [6.45, 7) is 6.82. The zero-order valence-electron chi connectivity index (χ0n) is 13.8. The third-order valence-corrected chi connectivity index (χ3v) is 5.18. The molecular formula is C16H24N2O4S. The molecule has 1 atom stereocenters. The normalized spacial score (nSPS) is 17.8. The Balaban J connectivity index is 1.80. The number of hydrogen-bond acceptors (Lipinski definition) is 5. The van der Waals surface area contributed by atoms with E-state index in [1.807, 2.05) is 20.8 Å². The van der Waals surface area contributed by atoms with E-state index >= 15 is 0 Å². The third-order valence-electron chi connectivity index (χ3n) is 3.64. The minimum atomic E-state index is -1.14. The molecule has 6 nitrogen and oxygen atoms in total. The van der Waals surface area contributed by atoms with E-state index < -0.39 is 16.8 Å². The van der Waals surface area contributed by atoms with Gasteiger partial charge in [0.25, 0.3) is 0 Å². The largest absolute Gasteiger partial charge is 0.611 e. The fourth-order valence-corrected chi connectivity index (χ4v) is 3.77. The van der Waals surface area contributed by atoms with Crippen LogP contribution in [-0.4, -0.2) is 50.1 Å². The molecule has 0 radical (unpaired) electrons. The number of ether oxygens (including phenoxy) is 1. The van der Waals surface area contributed by atoms with E-state index in [0.717, 1.165) is 12.8 Å². The molecule has 0 aromatic carbocycles. The Bertz CT molecular complexity index is 522. The molecule has 0 aliphatic carbocycles. The van der Waals surface area contributed by atoms with Crippen molar-refractivity contribution in [1.82, 2.24) is 9.88 Å². The summed E-state index contributed by atoms with van der Waals surface area (Å²) in [4.78, 5) is 18.1. The van der Waals surface area contributed by atoms with Gasteiger partial charge in [-0.2, -0.15) is 0 Å². The Labute approximate surface area is 140 Å². The van der Waals surface area contributed by atoms with Crippen LogP contribution in [0.3, 0.4) is 0 Å². The number of carbonyl (C=O) groups excluding carboxylic acids is 1. The average molecular weight is 340 g/mol. The third kappa shape index (κ3) is 5.58. The number of carbonyl (C=O) groups is 1. The second-order valence-electron chi connectivity index (χ2n) is 6.78. The van der Waals surface area contributed by atoms with E-state index in [9.17, 15) is 9.35 Å². The van der Waals surface area contributed by atoms with E-state index in [1.54, 1.807) is 11.0 Å². The van der Waals surface area contributed by atoms with E-state index in [-0.39, 0.29) is 12.0 Å². The van der Waals surface area contributed by atoms with Crippen LogP contribution in [0.4, 0.5) is 4.79 Å². The van der Waals surface area contributed by atoms with Gasteiger partial charge in [0, 0.05) is 31.1 Å². The molecule has 7 heteroatoms. The van der Waals surface area contributed by atoms with Crippen LogP contribution in [0.25, 0.3) is 0 Å². The molecule has 1 unspecified atom stereocenters. The summed E-state index contributed by atoms with van der Waals surface area (Å²) in [7, 11) is 0. The van der Waals surface area contributed by atoms with Crippen LogP contribution in [0.5, 0.6) is 5.88 Å². The summed E-state index contributed by atoms with van der Waals surface area (Å²) in [5.74, 6) is 0.786. The van der Waals surface area contributed by atoms with Crippen molar-refractivity contribution < 1.29 is 19.2 Å². The molecule has 128 valence electrons. The lowest BCUT2D eigenvalue weighted by molar-refractivity contribution is 0.0191. The molecule has 1 aliphatic heterocycles. The summed E-state index contributed by atoms with van der Waals surface area (Å²) in [6.07, 6.45) is 2.80. The summed E-state index contributed by atoms with van der Waals surface area (Å²) >= 11 is -1.14. The second-order valence-corrected chi connectivity index (χ2v) is 8.27. The van der Waals surface area contributed by atoms with Crippen molar-refractivity contribution in [2.75, 3.05) is 18.8 Å². The Morgan fingerprint density at radius 1 is 1.43 bits per heavy atom. The highest BCUT2D eigenvalue weighted by molar-refractivity contribution is 7.91. The first-order valence-electron chi connectivity index (χ1n) is 7.76. The van der Waals surface area contributed by atoms with Crippen LogP contribution >= 0.6 is 0 Å². The highest BCUT2D eigenvalue weighted by Gasteiger charge is 2.29. The lowest BCUT2D eigenvalue weighted by atomic mass is 9.99. The van der Waals surface area contributed by atoms with Gasteiger partial charge in [-0.25, -0.2) is 9.78 Å². The molecule has 1 aliphatic rings. The van der Waals surface area contributed by atoms with Gasteiger partial charge >= 0.3 is 6.09 Å². The fourth-order valence-electron chi connectivity index (χ4n) is 2.43. The van der Waals surface area contributed by atoms with Crippen molar-refractivity contribution in [3.8, 4) is 5.88 Å². The zero-order chi connectivity index (χ0) is 17.0. The van der Waals surface area contributed by atoms with Crippen LogP contribution in [0.15, 0.2) is 23.2 Å². The Kier molecular flexibility index (Phi) is 5.75. The Hall–Kier alpha value is -1.47. The number of aromatic hydroxyl groups is 1. The molecule has 1 saturated heterocycles. The predicted octanol–water partition coefficient (Wildman–Crippen LogP) is 2.54. The molecule has 0 bridgehead atoms. The van der Waals surface area contributed by atoms with Gasteiger partial charge in [-0.1, -0.05) is 0 Å². The summed E-state index contributed by atoms with van der Waals surface area (Å²) in [5.41, 5.74) is -0.485. The SMILES string of the molecule is CC(C)(C)OC(=O)N1CCC(C[S+]([O-])c2ccc(O)nc2)CC1.